The molecule has 0 radical (unpaired) electrons. The first-order valence-electron chi connectivity index (χ1n) is 6.42. The van der Waals surface area contributed by atoms with E-state index in [1.807, 2.05) is 37.3 Å². The Bertz CT molecular complexity index is 522. The van der Waals surface area contributed by atoms with Crippen molar-refractivity contribution in [1.82, 2.24) is 0 Å². The fourth-order valence-corrected chi connectivity index (χ4v) is 1.37. The molecule has 21 heavy (non-hydrogen) atoms. The van der Waals surface area contributed by atoms with Gasteiger partial charge in [-0.05, 0) is 43.3 Å². The van der Waals surface area contributed by atoms with Crippen molar-refractivity contribution < 1.29 is 9.59 Å². The zero-order chi connectivity index (χ0) is 16.1. The molecule has 0 aromatic heterocycles. The molecule has 0 N–H and O–H groups in total. The molecule has 0 amide bonds. The number of hydrogen-bond acceptors (Lipinski definition) is 2. The SMILES string of the molecule is CC(=O)c1ccc(Cl)cc1.CCC=O.Clc1ccccc1. The standard InChI is InChI=1S/C8H7ClO.C6H5Cl.C3H6O/c1-6(10)7-2-4-8(9)5-3-7;7-6-4-2-1-3-5-6;1-2-3-4/h2-5H,1H3;1-5H;3H,2H2,1H3. The van der Waals surface area contributed by atoms with E-state index in [-0.39, 0.29) is 5.78 Å². The largest absolute Gasteiger partial charge is 0.303 e. The van der Waals surface area contributed by atoms with E-state index in [9.17, 15) is 9.59 Å². The number of Topliss-reactive ketones (excluding diaryl/α,β-unsaturated/α-hetero) is 1. The summed E-state index contributed by atoms with van der Waals surface area (Å²) in [6, 6.07) is 16.3. The van der Waals surface area contributed by atoms with E-state index in [1.165, 1.54) is 6.92 Å². The maximum atomic E-state index is 10.7. The highest BCUT2D eigenvalue weighted by molar-refractivity contribution is 6.30. The Kier molecular flexibility index (Phi) is 11.2. The molecule has 2 rings (SSSR count). The van der Waals surface area contributed by atoms with E-state index in [2.05, 4.69) is 0 Å². The molecule has 0 saturated heterocycles. The zero-order valence-corrected chi connectivity index (χ0v) is 13.6. The van der Waals surface area contributed by atoms with Crippen LogP contribution in [0.25, 0.3) is 0 Å². The Balaban J connectivity index is 0.000000317. The number of hydrogen-bond donors (Lipinski definition) is 0. The molecule has 2 aromatic carbocycles. The van der Waals surface area contributed by atoms with Gasteiger partial charge in [-0.2, -0.15) is 0 Å². The molecular formula is C17H18Cl2O2. The number of carbonyl (C=O) groups excluding carboxylic acids is 2. The minimum atomic E-state index is 0.0664. The minimum Gasteiger partial charge on any atom is -0.303 e. The highest BCUT2D eigenvalue weighted by Gasteiger charge is 1.95. The second-order valence-corrected chi connectivity index (χ2v) is 4.81. The van der Waals surface area contributed by atoms with Crippen LogP contribution in [0.1, 0.15) is 30.6 Å². The Labute approximate surface area is 135 Å². The third-order valence-electron chi connectivity index (χ3n) is 2.15. The summed E-state index contributed by atoms with van der Waals surface area (Å²) >= 11 is 11.1. The summed E-state index contributed by atoms with van der Waals surface area (Å²) in [5, 5.41) is 1.45. The third kappa shape index (κ3) is 10.8. The predicted molar refractivity (Wildman–Crippen MR) is 89.3 cm³/mol. The van der Waals surface area contributed by atoms with E-state index >= 15 is 0 Å². The maximum absolute atomic E-state index is 10.7. The number of ketones is 1. The van der Waals surface area contributed by atoms with Crippen LogP contribution in [0.15, 0.2) is 54.6 Å². The van der Waals surface area contributed by atoms with E-state index in [1.54, 1.807) is 24.3 Å². The molecule has 0 unspecified atom stereocenters. The molecule has 0 aliphatic carbocycles. The first-order valence-corrected chi connectivity index (χ1v) is 7.17. The van der Waals surface area contributed by atoms with Crippen LogP contribution >= 0.6 is 23.2 Å². The second kappa shape index (κ2) is 12.1. The average molecular weight is 325 g/mol. The van der Waals surface area contributed by atoms with E-state index < -0.39 is 0 Å². The summed E-state index contributed by atoms with van der Waals surface area (Å²) in [6.45, 7) is 3.34. The van der Waals surface area contributed by atoms with Gasteiger partial charge in [-0.25, -0.2) is 0 Å². The Morgan fingerprint density at radius 2 is 1.38 bits per heavy atom. The number of rotatable bonds is 2. The highest BCUT2D eigenvalue weighted by Crippen LogP contribution is 2.09. The lowest BCUT2D eigenvalue weighted by molar-refractivity contribution is -0.107. The smallest absolute Gasteiger partial charge is 0.159 e. The van der Waals surface area contributed by atoms with Crippen molar-refractivity contribution in [3.63, 3.8) is 0 Å². The van der Waals surface area contributed by atoms with Gasteiger partial charge in [0.15, 0.2) is 5.78 Å². The molecule has 2 aromatic rings. The first kappa shape index (κ1) is 19.4. The monoisotopic (exact) mass is 324 g/mol. The lowest BCUT2D eigenvalue weighted by atomic mass is 10.2. The second-order valence-electron chi connectivity index (χ2n) is 3.93. The third-order valence-corrected chi connectivity index (χ3v) is 2.65. The van der Waals surface area contributed by atoms with Gasteiger partial charge in [0.1, 0.15) is 6.29 Å². The fourth-order valence-electron chi connectivity index (χ4n) is 1.10. The average Bonchev–Trinajstić information content (AvgIpc) is 2.49. The summed E-state index contributed by atoms with van der Waals surface area (Å²) in [7, 11) is 0. The van der Waals surface area contributed by atoms with Crippen LogP contribution in [0.3, 0.4) is 0 Å². The molecule has 0 aliphatic heterocycles. The number of carbonyl (C=O) groups is 2. The molecule has 0 bridgehead atoms. The molecule has 0 heterocycles. The Morgan fingerprint density at radius 3 is 1.67 bits per heavy atom. The van der Waals surface area contributed by atoms with Crippen molar-refractivity contribution in [2.45, 2.75) is 20.3 Å². The van der Waals surface area contributed by atoms with Gasteiger partial charge >= 0.3 is 0 Å². The number of halogens is 2. The van der Waals surface area contributed by atoms with E-state index in [0.29, 0.717) is 17.0 Å². The minimum absolute atomic E-state index is 0.0664. The Morgan fingerprint density at radius 1 is 0.952 bits per heavy atom. The van der Waals surface area contributed by atoms with Gasteiger partial charge < -0.3 is 4.79 Å². The van der Waals surface area contributed by atoms with Crippen molar-refractivity contribution in [1.29, 1.82) is 0 Å². The Hall–Kier alpha value is -1.64. The van der Waals surface area contributed by atoms with Gasteiger partial charge in [0.25, 0.3) is 0 Å². The molecule has 0 atom stereocenters. The quantitative estimate of drug-likeness (QED) is 0.541. The zero-order valence-electron chi connectivity index (χ0n) is 12.1. The molecule has 0 saturated carbocycles. The molecule has 0 aliphatic rings. The van der Waals surface area contributed by atoms with Crippen LogP contribution in [0.4, 0.5) is 0 Å². The highest BCUT2D eigenvalue weighted by atomic mass is 35.5. The van der Waals surface area contributed by atoms with Crippen LogP contribution < -0.4 is 0 Å². The summed E-state index contributed by atoms with van der Waals surface area (Å²) in [5.41, 5.74) is 0.699. The lowest BCUT2D eigenvalue weighted by Gasteiger charge is -1.92. The summed E-state index contributed by atoms with van der Waals surface area (Å²) in [6.07, 6.45) is 1.51. The van der Waals surface area contributed by atoms with Crippen molar-refractivity contribution in [3.05, 3.63) is 70.2 Å². The van der Waals surface area contributed by atoms with Crippen molar-refractivity contribution in [2.24, 2.45) is 0 Å². The number of aldehydes is 1. The summed E-state index contributed by atoms with van der Waals surface area (Å²) in [5.74, 6) is 0.0664. The van der Waals surface area contributed by atoms with Crippen molar-refractivity contribution in [3.8, 4) is 0 Å². The van der Waals surface area contributed by atoms with Crippen molar-refractivity contribution in [2.75, 3.05) is 0 Å². The predicted octanol–water partition coefficient (Wildman–Crippen LogP) is 5.48. The van der Waals surface area contributed by atoms with Crippen LogP contribution in [0.2, 0.25) is 10.0 Å². The number of benzene rings is 2. The normalized spacial score (nSPS) is 8.57. The molecule has 2 nitrogen and oxygen atoms in total. The lowest BCUT2D eigenvalue weighted by Crippen LogP contribution is -1.89. The van der Waals surface area contributed by atoms with Gasteiger partial charge in [-0.15, -0.1) is 0 Å². The fraction of sp³-hybridized carbons (Fsp3) is 0.176. The van der Waals surface area contributed by atoms with Gasteiger partial charge in [0.2, 0.25) is 0 Å². The van der Waals surface area contributed by atoms with Gasteiger partial charge in [-0.1, -0.05) is 48.3 Å². The van der Waals surface area contributed by atoms with E-state index in [4.69, 9.17) is 23.2 Å². The summed E-state index contributed by atoms with van der Waals surface area (Å²) < 4.78 is 0. The molecule has 112 valence electrons. The van der Waals surface area contributed by atoms with Crippen LogP contribution in [-0.2, 0) is 4.79 Å². The molecular weight excluding hydrogens is 307 g/mol. The molecule has 0 spiro atoms. The maximum Gasteiger partial charge on any atom is 0.159 e. The van der Waals surface area contributed by atoms with E-state index in [0.717, 1.165) is 11.3 Å². The van der Waals surface area contributed by atoms with Crippen LogP contribution in [0, 0.1) is 0 Å². The van der Waals surface area contributed by atoms with Crippen molar-refractivity contribution >= 4 is 35.3 Å². The van der Waals surface area contributed by atoms with Gasteiger partial charge in [-0.3, -0.25) is 4.79 Å². The topological polar surface area (TPSA) is 34.1 Å². The van der Waals surface area contributed by atoms with Crippen LogP contribution in [0.5, 0.6) is 0 Å². The summed E-state index contributed by atoms with van der Waals surface area (Å²) in [4.78, 5) is 19.9. The van der Waals surface area contributed by atoms with Crippen LogP contribution in [-0.4, -0.2) is 12.1 Å². The molecule has 4 heteroatoms. The van der Waals surface area contributed by atoms with Gasteiger partial charge in [0, 0.05) is 22.0 Å². The molecule has 0 fully saturated rings. The van der Waals surface area contributed by atoms with Gasteiger partial charge in [0.05, 0.1) is 0 Å². The first-order chi connectivity index (χ1) is 10.0.